The predicted molar refractivity (Wildman–Crippen MR) is 120 cm³/mol. The molecule has 0 saturated heterocycles. The van der Waals surface area contributed by atoms with Crippen molar-refractivity contribution < 1.29 is 30.2 Å². The average molecular weight is 487 g/mol. The summed E-state index contributed by atoms with van der Waals surface area (Å²) in [4.78, 5) is 0. The third-order valence-corrected chi connectivity index (χ3v) is 8.77. The molecule has 2 aliphatic carbocycles. The van der Waals surface area contributed by atoms with E-state index in [1.54, 1.807) is 6.07 Å². The van der Waals surface area contributed by atoms with Gasteiger partial charge in [-0.2, -0.15) is 21.6 Å². The number of hydrogen-bond acceptors (Lipinski definition) is 3. The van der Waals surface area contributed by atoms with Gasteiger partial charge in [-0.15, -0.1) is 0 Å². The number of fused-ring (bicyclic) bond motifs is 1. The molecule has 182 valence electrons. The molecule has 0 aromatic heterocycles. The van der Waals surface area contributed by atoms with E-state index in [9.17, 15) is 26.0 Å². The summed E-state index contributed by atoms with van der Waals surface area (Å²) in [6.45, 7) is 2.28. The first-order valence-electron chi connectivity index (χ1n) is 11.8. The van der Waals surface area contributed by atoms with Gasteiger partial charge in [0.25, 0.3) is 0 Å². The van der Waals surface area contributed by atoms with Crippen molar-refractivity contribution in [3.05, 3.63) is 41.7 Å². The summed E-state index contributed by atoms with van der Waals surface area (Å²) < 4.78 is 78.9. The van der Waals surface area contributed by atoms with Crippen molar-refractivity contribution in [2.45, 2.75) is 76.1 Å². The number of halogens is 4. The second kappa shape index (κ2) is 9.43. The van der Waals surface area contributed by atoms with E-state index in [1.807, 2.05) is 6.07 Å². The maximum Gasteiger partial charge on any atom is 0.534 e. The summed E-state index contributed by atoms with van der Waals surface area (Å²) in [5, 5.41) is 0.553. The van der Waals surface area contributed by atoms with Crippen LogP contribution in [0, 0.1) is 23.6 Å². The van der Waals surface area contributed by atoms with Crippen LogP contribution in [-0.2, 0) is 10.1 Å². The zero-order chi connectivity index (χ0) is 23.8. The van der Waals surface area contributed by atoms with Crippen molar-refractivity contribution in [2.75, 3.05) is 0 Å². The van der Waals surface area contributed by atoms with Crippen LogP contribution in [-0.4, -0.2) is 13.9 Å². The summed E-state index contributed by atoms with van der Waals surface area (Å²) in [6.07, 6.45) is 11.2. The molecule has 4 rings (SSSR count). The van der Waals surface area contributed by atoms with Gasteiger partial charge in [0.1, 0.15) is 0 Å². The Morgan fingerprint density at radius 3 is 2.09 bits per heavy atom. The van der Waals surface area contributed by atoms with E-state index in [-0.39, 0.29) is 5.39 Å². The minimum absolute atomic E-state index is 0.0370. The van der Waals surface area contributed by atoms with Gasteiger partial charge in [-0.1, -0.05) is 50.5 Å². The van der Waals surface area contributed by atoms with Crippen molar-refractivity contribution in [1.82, 2.24) is 0 Å². The summed E-state index contributed by atoms with van der Waals surface area (Å²) in [5.74, 6) is 0.833. The van der Waals surface area contributed by atoms with Crippen molar-refractivity contribution in [2.24, 2.45) is 17.8 Å². The lowest BCUT2D eigenvalue weighted by Crippen LogP contribution is -2.28. The van der Waals surface area contributed by atoms with Crippen LogP contribution in [0.15, 0.2) is 30.3 Å². The van der Waals surface area contributed by atoms with Crippen molar-refractivity contribution >= 4 is 20.9 Å². The average Bonchev–Trinajstić information content (AvgIpc) is 2.80. The van der Waals surface area contributed by atoms with E-state index in [4.69, 9.17) is 0 Å². The SMILES string of the molecule is CCC1CCC(C2CCC(c3ccc4c(F)c(OS(=O)(=O)C(F)(F)F)ccc4c3)CC2)CC1. The monoisotopic (exact) mass is 486 g/mol. The van der Waals surface area contributed by atoms with E-state index >= 15 is 0 Å². The molecule has 0 amide bonds. The second-order valence-electron chi connectivity index (χ2n) is 9.64. The first-order chi connectivity index (χ1) is 15.6. The van der Waals surface area contributed by atoms with E-state index in [0.717, 1.165) is 42.2 Å². The van der Waals surface area contributed by atoms with Crippen LogP contribution in [0.1, 0.15) is 76.2 Å². The number of rotatable bonds is 5. The van der Waals surface area contributed by atoms with E-state index in [1.165, 1.54) is 57.1 Å². The standard InChI is InChI=1S/C25H30F4O3S/c1-2-16-3-5-17(6-4-16)18-7-9-19(10-8-18)20-11-13-22-21(15-20)12-14-23(24(22)26)32-33(30,31)25(27,28)29/h11-19H,2-10H2,1H3. The fourth-order valence-corrected chi connectivity index (χ4v) is 6.23. The zero-order valence-corrected chi connectivity index (χ0v) is 19.5. The molecule has 2 fully saturated rings. The topological polar surface area (TPSA) is 43.4 Å². The molecule has 0 radical (unpaired) electrons. The number of alkyl halides is 3. The molecule has 2 aromatic rings. The summed E-state index contributed by atoms with van der Waals surface area (Å²) in [6, 6.07) is 7.50. The third-order valence-electron chi connectivity index (χ3n) is 7.80. The van der Waals surface area contributed by atoms with Gasteiger partial charge in [-0.3, -0.25) is 0 Å². The Kier molecular flexibility index (Phi) is 6.95. The minimum Gasteiger partial charge on any atom is -0.373 e. The lowest BCUT2D eigenvalue weighted by Gasteiger charge is -2.38. The highest BCUT2D eigenvalue weighted by Crippen LogP contribution is 2.45. The lowest BCUT2D eigenvalue weighted by atomic mass is 9.68. The molecule has 0 bridgehead atoms. The Hall–Kier alpha value is -1.83. The van der Waals surface area contributed by atoms with Crippen LogP contribution in [0.25, 0.3) is 10.8 Å². The first-order valence-corrected chi connectivity index (χ1v) is 13.2. The predicted octanol–water partition coefficient (Wildman–Crippen LogP) is 7.70. The van der Waals surface area contributed by atoms with Crippen LogP contribution in [0.4, 0.5) is 17.6 Å². The number of benzene rings is 2. The van der Waals surface area contributed by atoms with Crippen LogP contribution in [0.5, 0.6) is 5.75 Å². The molecule has 0 spiro atoms. The third kappa shape index (κ3) is 5.15. The Labute approximate surface area is 192 Å². The van der Waals surface area contributed by atoms with Crippen molar-refractivity contribution in [3.8, 4) is 5.75 Å². The molecule has 0 N–H and O–H groups in total. The maximum atomic E-state index is 14.7. The molecule has 0 unspecified atom stereocenters. The fraction of sp³-hybridized carbons (Fsp3) is 0.600. The quantitative estimate of drug-likeness (QED) is 0.247. The molecule has 2 saturated carbocycles. The van der Waals surface area contributed by atoms with Gasteiger partial charge in [0.05, 0.1) is 0 Å². The van der Waals surface area contributed by atoms with Gasteiger partial charge in [0.2, 0.25) is 0 Å². The Balaban J connectivity index is 1.44. The molecule has 2 aliphatic rings. The van der Waals surface area contributed by atoms with Crippen LogP contribution in [0.3, 0.4) is 0 Å². The Bertz CT molecular complexity index is 1080. The molecule has 3 nitrogen and oxygen atoms in total. The molecule has 33 heavy (non-hydrogen) atoms. The molecule has 8 heteroatoms. The molecular formula is C25H30F4O3S. The summed E-state index contributed by atoms with van der Waals surface area (Å²) >= 11 is 0. The van der Waals surface area contributed by atoms with Crippen molar-refractivity contribution in [1.29, 1.82) is 0 Å². The highest BCUT2D eigenvalue weighted by molar-refractivity contribution is 7.88. The first kappa shape index (κ1) is 24.3. The molecule has 0 aliphatic heterocycles. The van der Waals surface area contributed by atoms with Crippen LogP contribution in [0.2, 0.25) is 0 Å². The van der Waals surface area contributed by atoms with Gasteiger partial charge in [-0.05, 0) is 79.2 Å². The molecule has 0 atom stereocenters. The van der Waals surface area contributed by atoms with Gasteiger partial charge >= 0.3 is 15.6 Å². The van der Waals surface area contributed by atoms with Crippen LogP contribution < -0.4 is 4.18 Å². The van der Waals surface area contributed by atoms with Gasteiger partial charge in [0.15, 0.2) is 11.6 Å². The molecule has 0 heterocycles. The second-order valence-corrected chi connectivity index (χ2v) is 11.2. The normalized spacial score (nSPS) is 26.9. The maximum absolute atomic E-state index is 14.7. The Morgan fingerprint density at radius 1 is 0.909 bits per heavy atom. The largest absolute Gasteiger partial charge is 0.534 e. The summed E-state index contributed by atoms with van der Waals surface area (Å²) in [7, 11) is -5.93. The Morgan fingerprint density at radius 2 is 1.52 bits per heavy atom. The fourth-order valence-electron chi connectivity index (χ4n) is 5.77. The van der Waals surface area contributed by atoms with Gasteiger partial charge in [0, 0.05) is 5.39 Å². The van der Waals surface area contributed by atoms with Crippen LogP contribution >= 0.6 is 0 Å². The van der Waals surface area contributed by atoms with Gasteiger partial charge in [-0.25, -0.2) is 4.39 Å². The highest BCUT2D eigenvalue weighted by atomic mass is 32.2. The van der Waals surface area contributed by atoms with Gasteiger partial charge < -0.3 is 4.18 Å². The molecule has 2 aromatic carbocycles. The smallest absolute Gasteiger partial charge is 0.373 e. The minimum atomic E-state index is -5.93. The summed E-state index contributed by atoms with van der Waals surface area (Å²) in [5.41, 5.74) is -4.53. The number of hydrogen-bond donors (Lipinski definition) is 0. The lowest BCUT2D eigenvalue weighted by molar-refractivity contribution is -0.0500. The van der Waals surface area contributed by atoms with E-state index in [0.29, 0.717) is 11.3 Å². The molecular weight excluding hydrogens is 456 g/mol. The van der Waals surface area contributed by atoms with Crippen molar-refractivity contribution in [3.63, 3.8) is 0 Å². The van der Waals surface area contributed by atoms with E-state index in [2.05, 4.69) is 11.1 Å². The highest BCUT2D eigenvalue weighted by Gasteiger charge is 2.49. The zero-order valence-electron chi connectivity index (χ0n) is 18.7. The van der Waals surface area contributed by atoms with E-state index < -0.39 is 27.2 Å².